The summed E-state index contributed by atoms with van der Waals surface area (Å²) in [4.78, 5) is 14.9. The fourth-order valence-electron chi connectivity index (χ4n) is 3.53. The van der Waals surface area contributed by atoms with E-state index in [1.807, 2.05) is 23.1 Å². The summed E-state index contributed by atoms with van der Waals surface area (Å²) in [6.45, 7) is 7.77. The molecule has 0 unspecified atom stereocenters. The molecule has 0 spiro atoms. The zero-order valence-corrected chi connectivity index (χ0v) is 17.1. The first-order chi connectivity index (χ1) is 13.5. The largest absolute Gasteiger partial charge is 0.345 e. The molecule has 1 amide bonds. The first-order valence-corrected chi connectivity index (χ1v) is 10.1. The Bertz CT molecular complexity index is 896. The van der Waals surface area contributed by atoms with Gasteiger partial charge in [-0.15, -0.1) is 0 Å². The maximum atomic E-state index is 12.9. The summed E-state index contributed by atoms with van der Waals surface area (Å²) in [7, 11) is 0. The number of benzene rings is 2. The third-order valence-corrected chi connectivity index (χ3v) is 5.11. The van der Waals surface area contributed by atoms with Gasteiger partial charge in [-0.05, 0) is 50.5 Å². The fraction of sp³-hybridized carbons (Fsp3) is 0.320. The molecule has 0 bridgehead atoms. The predicted molar refractivity (Wildman–Crippen MR) is 115 cm³/mol. The standard InChI is InChI=1S/C25H30N2O/c1-20(2)27(25(28)15-14-22-10-5-4-6-11-22)19-24-13-8-16-26(24)18-23-12-7-9-21(3)17-23/h4-13,16-17,20H,14-15,18-19H2,1-3H3. The molecule has 0 atom stereocenters. The third kappa shape index (κ3) is 5.35. The third-order valence-electron chi connectivity index (χ3n) is 5.11. The number of hydrogen-bond acceptors (Lipinski definition) is 1. The molecular weight excluding hydrogens is 344 g/mol. The molecule has 3 heteroatoms. The van der Waals surface area contributed by atoms with Gasteiger partial charge in [-0.2, -0.15) is 0 Å². The molecular formula is C25H30N2O. The van der Waals surface area contributed by atoms with Crippen LogP contribution in [0.25, 0.3) is 0 Å². The number of rotatable bonds is 8. The molecule has 0 saturated carbocycles. The Morgan fingerprint density at radius 2 is 1.71 bits per heavy atom. The lowest BCUT2D eigenvalue weighted by Gasteiger charge is -2.27. The fourth-order valence-corrected chi connectivity index (χ4v) is 3.53. The van der Waals surface area contributed by atoms with Gasteiger partial charge < -0.3 is 9.47 Å². The highest BCUT2D eigenvalue weighted by Gasteiger charge is 2.18. The van der Waals surface area contributed by atoms with Crippen molar-refractivity contribution in [2.45, 2.75) is 52.7 Å². The number of aromatic nitrogens is 1. The van der Waals surface area contributed by atoms with Crippen molar-refractivity contribution in [3.05, 3.63) is 95.3 Å². The molecule has 0 aliphatic heterocycles. The lowest BCUT2D eigenvalue weighted by atomic mass is 10.1. The van der Waals surface area contributed by atoms with Crippen LogP contribution in [-0.2, 0) is 24.3 Å². The van der Waals surface area contributed by atoms with Gasteiger partial charge in [0.15, 0.2) is 0 Å². The van der Waals surface area contributed by atoms with Gasteiger partial charge in [-0.3, -0.25) is 4.79 Å². The van der Waals surface area contributed by atoms with E-state index in [1.54, 1.807) is 0 Å². The Hall–Kier alpha value is -2.81. The molecule has 3 nitrogen and oxygen atoms in total. The topological polar surface area (TPSA) is 25.2 Å². The van der Waals surface area contributed by atoms with Crippen LogP contribution in [0.15, 0.2) is 72.9 Å². The number of carbonyl (C=O) groups is 1. The van der Waals surface area contributed by atoms with Crippen molar-refractivity contribution >= 4 is 5.91 Å². The van der Waals surface area contributed by atoms with Crippen LogP contribution in [-0.4, -0.2) is 21.4 Å². The van der Waals surface area contributed by atoms with Gasteiger partial charge in [0.2, 0.25) is 5.91 Å². The van der Waals surface area contributed by atoms with Crippen LogP contribution in [0, 0.1) is 6.92 Å². The first-order valence-electron chi connectivity index (χ1n) is 10.1. The summed E-state index contributed by atoms with van der Waals surface area (Å²) in [5, 5.41) is 0. The Kier molecular flexibility index (Phi) is 6.70. The van der Waals surface area contributed by atoms with E-state index < -0.39 is 0 Å². The van der Waals surface area contributed by atoms with Crippen LogP contribution >= 0.6 is 0 Å². The Balaban J connectivity index is 1.67. The van der Waals surface area contributed by atoms with E-state index in [0.717, 1.165) is 13.0 Å². The van der Waals surface area contributed by atoms with Crippen molar-refractivity contribution in [1.82, 2.24) is 9.47 Å². The van der Waals surface area contributed by atoms with Gasteiger partial charge in [-0.25, -0.2) is 0 Å². The molecule has 0 aliphatic carbocycles. The van der Waals surface area contributed by atoms with Crippen molar-refractivity contribution in [2.24, 2.45) is 0 Å². The van der Waals surface area contributed by atoms with Gasteiger partial charge in [0.1, 0.15) is 0 Å². The molecule has 0 aliphatic rings. The van der Waals surface area contributed by atoms with Gasteiger partial charge in [0.25, 0.3) is 0 Å². The van der Waals surface area contributed by atoms with E-state index in [1.165, 1.54) is 22.4 Å². The van der Waals surface area contributed by atoms with Crippen LogP contribution in [0.1, 0.15) is 42.7 Å². The second-order valence-electron chi connectivity index (χ2n) is 7.72. The van der Waals surface area contributed by atoms with Crippen LogP contribution in [0.2, 0.25) is 0 Å². The van der Waals surface area contributed by atoms with Gasteiger partial charge in [-0.1, -0.05) is 60.2 Å². The normalized spacial score (nSPS) is 11.0. The highest BCUT2D eigenvalue weighted by molar-refractivity contribution is 5.76. The number of carbonyl (C=O) groups excluding carboxylic acids is 1. The van der Waals surface area contributed by atoms with E-state index in [4.69, 9.17) is 0 Å². The van der Waals surface area contributed by atoms with Crippen molar-refractivity contribution in [3.63, 3.8) is 0 Å². The van der Waals surface area contributed by atoms with Crippen LogP contribution in [0.4, 0.5) is 0 Å². The SMILES string of the molecule is Cc1cccc(Cn2cccc2CN(C(=O)CCc2ccccc2)C(C)C)c1. The minimum absolute atomic E-state index is 0.172. The van der Waals surface area contributed by atoms with Crippen molar-refractivity contribution in [2.75, 3.05) is 0 Å². The Morgan fingerprint density at radius 3 is 2.43 bits per heavy atom. The minimum Gasteiger partial charge on any atom is -0.345 e. The highest BCUT2D eigenvalue weighted by atomic mass is 16.2. The zero-order chi connectivity index (χ0) is 19.9. The van der Waals surface area contributed by atoms with E-state index in [0.29, 0.717) is 13.0 Å². The van der Waals surface area contributed by atoms with Crippen LogP contribution < -0.4 is 0 Å². The van der Waals surface area contributed by atoms with Gasteiger partial charge >= 0.3 is 0 Å². The second kappa shape index (κ2) is 9.41. The number of nitrogens with zero attached hydrogens (tertiary/aromatic N) is 2. The van der Waals surface area contributed by atoms with Crippen molar-refractivity contribution < 1.29 is 4.79 Å². The first kappa shape index (κ1) is 19.9. The van der Waals surface area contributed by atoms with Crippen LogP contribution in [0.3, 0.4) is 0 Å². The summed E-state index contributed by atoms with van der Waals surface area (Å²) < 4.78 is 2.24. The summed E-state index contributed by atoms with van der Waals surface area (Å²) >= 11 is 0. The molecule has 2 aromatic carbocycles. The average molecular weight is 375 g/mol. The molecule has 3 rings (SSSR count). The smallest absolute Gasteiger partial charge is 0.223 e. The maximum Gasteiger partial charge on any atom is 0.223 e. The molecule has 1 heterocycles. The Morgan fingerprint density at radius 1 is 0.964 bits per heavy atom. The molecule has 0 radical (unpaired) electrons. The van der Waals surface area contributed by atoms with Gasteiger partial charge in [0, 0.05) is 30.9 Å². The monoisotopic (exact) mass is 374 g/mol. The molecule has 0 N–H and O–H groups in total. The van der Waals surface area contributed by atoms with Gasteiger partial charge in [0.05, 0.1) is 6.54 Å². The number of hydrogen-bond donors (Lipinski definition) is 0. The lowest BCUT2D eigenvalue weighted by molar-refractivity contribution is -0.133. The molecule has 0 saturated heterocycles. The minimum atomic E-state index is 0.172. The van der Waals surface area contributed by atoms with E-state index in [9.17, 15) is 4.79 Å². The quantitative estimate of drug-likeness (QED) is 0.531. The number of amides is 1. The number of aryl methyl sites for hydroxylation is 2. The average Bonchev–Trinajstić information content (AvgIpc) is 3.11. The summed E-state index contributed by atoms with van der Waals surface area (Å²) in [6.07, 6.45) is 3.43. The molecule has 0 fully saturated rings. The summed E-state index contributed by atoms with van der Waals surface area (Å²) in [5.41, 5.74) is 4.93. The molecule has 1 aromatic heterocycles. The summed E-state index contributed by atoms with van der Waals surface area (Å²) in [5.74, 6) is 0.210. The summed E-state index contributed by atoms with van der Waals surface area (Å²) in [6, 6.07) is 23.2. The van der Waals surface area contributed by atoms with Crippen molar-refractivity contribution in [1.29, 1.82) is 0 Å². The lowest BCUT2D eigenvalue weighted by Crippen LogP contribution is -2.37. The van der Waals surface area contributed by atoms with Crippen molar-refractivity contribution in [3.8, 4) is 0 Å². The van der Waals surface area contributed by atoms with E-state index in [-0.39, 0.29) is 11.9 Å². The molecule has 28 heavy (non-hydrogen) atoms. The van der Waals surface area contributed by atoms with Crippen LogP contribution in [0.5, 0.6) is 0 Å². The zero-order valence-electron chi connectivity index (χ0n) is 17.1. The van der Waals surface area contributed by atoms with E-state index in [2.05, 4.69) is 80.1 Å². The predicted octanol–water partition coefficient (Wildman–Crippen LogP) is 5.21. The van der Waals surface area contributed by atoms with E-state index >= 15 is 0 Å². The highest BCUT2D eigenvalue weighted by Crippen LogP contribution is 2.15. The molecule has 3 aromatic rings. The second-order valence-corrected chi connectivity index (χ2v) is 7.72. The maximum absolute atomic E-state index is 12.9. The Labute approximate surface area is 168 Å². The molecule has 146 valence electrons.